The molecule has 0 saturated heterocycles. The van der Waals surface area contributed by atoms with E-state index in [-0.39, 0.29) is 32.8 Å². The van der Waals surface area contributed by atoms with Crippen LogP contribution in [0.4, 0.5) is 10.5 Å². The molecular weight excluding hydrogens is 311 g/mol. The second-order valence-electron chi connectivity index (χ2n) is 6.99. The minimum absolute atomic E-state index is 0.0896. The minimum Gasteiger partial charge on any atom is -0.505 e. The molecule has 0 saturated carbocycles. The zero-order valence-corrected chi connectivity index (χ0v) is 14.5. The number of carbonyl (C=O) groups excluding carboxylic acids is 1. The van der Waals surface area contributed by atoms with Gasteiger partial charge in [0.2, 0.25) is 0 Å². The molecule has 1 rings (SSSR count). The van der Waals surface area contributed by atoms with Crippen molar-refractivity contribution in [3.63, 3.8) is 0 Å². The van der Waals surface area contributed by atoms with Gasteiger partial charge in [0.15, 0.2) is 5.75 Å². The largest absolute Gasteiger partial charge is 0.505 e. The summed E-state index contributed by atoms with van der Waals surface area (Å²) in [6.45, 7) is 10.3. The molecule has 0 fully saturated rings. The smallest absolute Gasteiger partial charge is 0.319 e. The molecule has 0 atom stereocenters. The standard InChI is InChI=1S/C15H22Cl2N2O2/c1-14(2,3)8-15(4,5)19-13(21)18-9-6-10(16)12(20)11(17)7-9/h6-7,20H,8H2,1-5H3,(H2,18,19,21). The zero-order valence-electron chi connectivity index (χ0n) is 13.0. The van der Waals surface area contributed by atoms with Crippen molar-refractivity contribution in [3.05, 3.63) is 22.2 Å². The van der Waals surface area contributed by atoms with Gasteiger partial charge >= 0.3 is 6.03 Å². The van der Waals surface area contributed by atoms with E-state index in [4.69, 9.17) is 23.2 Å². The highest BCUT2D eigenvalue weighted by Crippen LogP contribution is 2.34. The van der Waals surface area contributed by atoms with Crippen LogP contribution in [-0.2, 0) is 0 Å². The number of urea groups is 1. The van der Waals surface area contributed by atoms with Crippen LogP contribution < -0.4 is 10.6 Å². The van der Waals surface area contributed by atoms with Crippen LogP contribution in [0.25, 0.3) is 0 Å². The van der Waals surface area contributed by atoms with E-state index in [2.05, 4.69) is 31.4 Å². The van der Waals surface area contributed by atoms with Crippen molar-refractivity contribution in [2.75, 3.05) is 5.32 Å². The molecule has 6 heteroatoms. The summed E-state index contributed by atoms with van der Waals surface area (Å²) in [5.41, 5.74) is 0.168. The molecule has 0 aromatic heterocycles. The number of rotatable bonds is 3. The Balaban J connectivity index is 2.74. The molecule has 2 amide bonds. The number of benzene rings is 1. The minimum atomic E-state index is -0.354. The number of phenols is 1. The van der Waals surface area contributed by atoms with Gasteiger partial charge in [-0.25, -0.2) is 4.79 Å². The first-order chi connectivity index (χ1) is 9.39. The van der Waals surface area contributed by atoms with Crippen LogP contribution >= 0.6 is 23.2 Å². The lowest BCUT2D eigenvalue weighted by Crippen LogP contribution is -2.47. The Morgan fingerprint density at radius 1 is 1.14 bits per heavy atom. The lowest BCUT2D eigenvalue weighted by atomic mass is 9.82. The highest BCUT2D eigenvalue weighted by molar-refractivity contribution is 6.37. The molecule has 21 heavy (non-hydrogen) atoms. The van der Waals surface area contributed by atoms with E-state index in [9.17, 15) is 9.90 Å². The molecule has 0 aliphatic rings. The average Bonchev–Trinajstić information content (AvgIpc) is 2.20. The van der Waals surface area contributed by atoms with Gasteiger partial charge in [-0.1, -0.05) is 44.0 Å². The number of halogens is 2. The SMILES string of the molecule is CC(C)(C)CC(C)(C)NC(=O)Nc1cc(Cl)c(O)c(Cl)c1. The maximum atomic E-state index is 12.1. The van der Waals surface area contributed by atoms with Crippen molar-refractivity contribution in [3.8, 4) is 5.75 Å². The second-order valence-corrected chi connectivity index (χ2v) is 7.80. The number of anilines is 1. The fourth-order valence-electron chi connectivity index (χ4n) is 2.48. The van der Waals surface area contributed by atoms with Crippen molar-refractivity contribution in [2.45, 2.75) is 46.6 Å². The summed E-state index contributed by atoms with van der Waals surface area (Å²) in [7, 11) is 0. The molecule has 1 aromatic rings. The van der Waals surface area contributed by atoms with Gasteiger partial charge in [-0.15, -0.1) is 0 Å². The van der Waals surface area contributed by atoms with Gasteiger partial charge in [-0.05, 0) is 37.8 Å². The number of phenolic OH excluding ortho intramolecular Hbond substituents is 1. The quantitative estimate of drug-likeness (QED) is 0.679. The van der Waals surface area contributed by atoms with Crippen molar-refractivity contribution in [1.82, 2.24) is 5.32 Å². The first-order valence-corrected chi connectivity index (χ1v) is 7.42. The van der Waals surface area contributed by atoms with Crippen molar-refractivity contribution >= 4 is 34.9 Å². The molecule has 3 N–H and O–H groups in total. The molecule has 0 bridgehead atoms. The summed E-state index contributed by atoms with van der Waals surface area (Å²) in [5, 5.41) is 15.2. The van der Waals surface area contributed by atoms with Crippen LogP contribution in [0.1, 0.15) is 41.0 Å². The zero-order chi connectivity index (χ0) is 16.4. The fraction of sp³-hybridized carbons (Fsp3) is 0.533. The van der Waals surface area contributed by atoms with Gasteiger partial charge in [0.1, 0.15) is 0 Å². The Morgan fingerprint density at radius 2 is 1.62 bits per heavy atom. The van der Waals surface area contributed by atoms with Crippen molar-refractivity contribution in [1.29, 1.82) is 0 Å². The predicted octanol–water partition coefficient (Wildman–Crippen LogP) is 5.04. The van der Waals surface area contributed by atoms with E-state index < -0.39 is 0 Å². The number of carbonyl (C=O) groups is 1. The highest BCUT2D eigenvalue weighted by Gasteiger charge is 2.27. The number of hydrogen-bond donors (Lipinski definition) is 3. The third kappa shape index (κ3) is 6.02. The Kier molecular flexibility index (Phi) is 5.40. The first kappa shape index (κ1) is 17.9. The molecular formula is C15H22Cl2N2O2. The predicted molar refractivity (Wildman–Crippen MR) is 88.4 cm³/mol. The Hall–Kier alpha value is -1.13. The van der Waals surface area contributed by atoms with Crippen molar-refractivity contribution in [2.24, 2.45) is 5.41 Å². The van der Waals surface area contributed by atoms with Gasteiger partial charge < -0.3 is 15.7 Å². The van der Waals surface area contributed by atoms with Crippen LogP contribution in [0.2, 0.25) is 10.0 Å². The van der Waals surface area contributed by atoms with E-state index in [1.54, 1.807) is 0 Å². The lowest BCUT2D eigenvalue weighted by Gasteiger charge is -2.33. The maximum Gasteiger partial charge on any atom is 0.319 e. The van der Waals surface area contributed by atoms with E-state index in [1.807, 2.05) is 13.8 Å². The third-order valence-corrected chi connectivity index (χ3v) is 3.28. The Labute approximate surface area is 135 Å². The molecule has 0 aliphatic heterocycles. The van der Waals surface area contributed by atoms with E-state index in [0.29, 0.717) is 5.69 Å². The third-order valence-electron chi connectivity index (χ3n) is 2.70. The first-order valence-electron chi connectivity index (χ1n) is 6.67. The van der Waals surface area contributed by atoms with E-state index >= 15 is 0 Å². The van der Waals surface area contributed by atoms with Gasteiger partial charge in [0, 0.05) is 11.2 Å². The summed E-state index contributed by atoms with van der Waals surface area (Å²) in [4.78, 5) is 12.1. The lowest BCUT2D eigenvalue weighted by molar-refractivity contribution is 0.220. The van der Waals surface area contributed by atoms with Gasteiger partial charge in [-0.3, -0.25) is 0 Å². The molecule has 0 heterocycles. The molecule has 1 aromatic carbocycles. The topological polar surface area (TPSA) is 61.4 Å². The van der Waals surface area contributed by atoms with Crippen LogP contribution in [0.3, 0.4) is 0 Å². The van der Waals surface area contributed by atoms with Gasteiger partial charge in [0.25, 0.3) is 0 Å². The summed E-state index contributed by atoms with van der Waals surface area (Å²) in [5.74, 6) is -0.197. The molecule has 0 aliphatic carbocycles. The summed E-state index contributed by atoms with van der Waals surface area (Å²) >= 11 is 11.6. The van der Waals surface area contributed by atoms with E-state index in [1.165, 1.54) is 12.1 Å². The molecule has 118 valence electrons. The summed E-state index contributed by atoms with van der Waals surface area (Å²) in [6, 6.07) is 2.54. The van der Waals surface area contributed by atoms with Crippen LogP contribution in [0, 0.1) is 5.41 Å². The molecule has 4 nitrogen and oxygen atoms in total. The second kappa shape index (κ2) is 6.32. The van der Waals surface area contributed by atoms with Crippen LogP contribution in [-0.4, -0.2) is 16.7 Å². The number of nitrogens with one attached hydrogen (secondary N) is 2. The van der Waals surface area contributed by atoms with Crippen LogP contribution in [0.5, 0.6) is 5.75 Å². The monoisotopic (exact) mass is 332 g/mol. The average molecular weight is 333 g/mol. The summed E-state index contributed by atoms with van der Waals surface area (Å²) < 4.78 is 0. The van der Waals surface area contributed by atoms with E-state index in [0.717, 1.165) is 6.42 Å². The van der Waals surface area contributed by atoms with Gasteiger partial charge in [-0.2, -0.15) is 0 Å². The number of hydrogen-bond acceptors (Lipinski definition) is 2. The van der Waals surface area contributed by atoms with Crippen LogP contribution in [0.15, 0.2) is 12.1 Å². The summed E-state index contributed by atoms with van der Waals surface area (Å²) in [6.07, 6.45) is 0.824. The maximum absolute atomic E-state index is 12.1. The normalized spacial score (nSPS) is 12.1. The molecule has 0 spiro atoms. The highest BCUT2D eigenvalue weighted by atomic mass is 35.5. The molecule has 0 unspecified atom stereocenters. The Bertz CT molecular complexity index is 514. The fourth-order valence-corrected chi connectivity index (χ4v) is 2.96. The van der Waals surface area contributed by atoms with Crippen molar-refractivity contribution < 1.29 is 9.90 Å². The number of aromatic hydroxyl groups is 1. The van der Waals surface area contributed by atoms with Gasteiger partial charge in [0.05, 0.1) is 10.0 Å². The number of amides is 2. The Morgan fingerprint density at radius 3 is 2.05 bits per heavy atom. The molecule has 0 radical (unpaired) electrons.